The van der Waals surface area contributed by atoms with E-state index in [2.05, 4.69) is 26.1 Å². The number of unbranched alkanes of at least 4 members (excludes halogenated alkanes) is 25. The lowest BCUT2D eigenvalue weighted by Gasteiger charge is -2.40. The van der Waals surface area contributed by atoms with E-state index in [1.807, 2.05) is 6.08 Å². The third-order valence-electron chi connectivity index (χ3n) is 12.0. The maximum atomic E-state index is 13.0. The van der Waals surface area contributed by atoms with Crippen molar-refractivity contribution in [2.24, 2.45) is 5.92 Å². The lowest BCUT2D eigenvalue weighted by molar-refractivity contribution is -0.302. The van der Waals surface area contributed by atoms with E-state index in [0.717, 1.165) is 50.9 Å². The van der Waals surface area contributed by atoms with E-state index in [0.29, 0.717) is 6.42 Å². The molecule has 9 atom stereocenters. The Morgan fingerprint density at radius 3 is 1.58 bits per heavy atom. The molecule has 1 heterocycles. The number of allylic oxidation sites excluding steroid dienone is 1. The molecule has 0 aromatic carbocycles. The molecule has 10 nitrogen and oxygen atoms in total. The van der Waals surface area contributed by atoms with Gasteiger partial charge in [-0.25, -0.2) is 0 Å². The molecule has 57 heavy (non-hydrogen) atoms. The van der Waals surface area contributed by atoms with Gasteiger partial charge >= 0.3 is 0 Å². The largest absolute Gasteiger partial charge is 0.394 e. The molecule has 338 valence electrons. The molecule has 0 saturated carbocycles. The summed E-state index contributed by atoms with van der Waals surface area (Å²) < 4.78 is 11.1. The second-order valence-electron chi connectivity index (χ2n) is 17.3. The van der Waals surface area contributed by atoms with Gasteiger partial charge in [-0.3, -0.25) is 4.79 Å². The van der Waals surface area contributed by atoms with Gasteiger partial charge in [0.25, 0.3) is 0 Å². The molecule has 0 radical (unpaired) electrons. The molecule has 1 amide bonds. The van der Waals surface area contributed by atoms with E-state index in [-0.39, 0.29) is 6.61 Å². The Labute approximate surface area is 349 Å². The van der Waals surface area contributed by atoms with E-state index in [4.69, 9.17) is 9.47 Å². The predicted octanol–water partition coefficient (Wildman–Crippen LogP) is 8.94. The van der Waals surface area contributed by atoms with Gasteiger partial charge in [0, 0.05) is 0 Å². The monoisotopic (exact) mass is 814 g/mol. The summed E-state index contributed by atoms with van der Waals surface area (Å²) in [5.41, 5.74) is 0. The number of ether oxygens (including phenoxy) is 2. The van der Waals surface area contributed by atoms with Crippen LogP contribution >= 0.6 is 0 Å². The molecule has 1 fully saturated rings. The molecule has 1 aliphatic rings. The molecule has 0 unspecified atom stereocenters. The number of nitrogens with one attached hydrogen (secondary N) is 1. The first-order valence-corrected chi connectivity index (χ1v) is 23.9. The molecular weight excluding hydrogens is 723 g/mol. The van der Waals surface area contributed by atoms with Crippen LogP contribution in [-0.2, 0) is 14.3 Å². The van der Waals surface area contributed by atoms with Gasteiger partial charge in [0.1, 0.15) is 30.5 Å². The molecule has 7 N–H and O–H groups in total. The first kappa shape index (κ1) is 53.9. The van der Waals surface area contributed by atoms with Gasteiger partial charge < -0.3 is 45.4 Å². The molecule has 0 aliphatic carbocycles. The van der Waals surface area contributed by atoms with E-state index in [1.165, 1.54) is 141 Å². The highest BCUT2D eigenvalue weighted by Crippen LogP contribution is 2.23. The quantitative estimate of drug-likeness (QED) is 0.0237. The van der Waals surface area contributed by atoms with Gasteiger partial charge in [-0.05, 0) is 25.2 Å². The summed E-state index contributed by atoms with van der Waals surface area (Å²) in [5, 5.41) is 64.6. The minimum absolute atomic E-state index is 0.303. The summed E-state index contributed by atoms with van der Waals surface area (Å²) >= 11 is 0. The van der Waals surface area contributed by atoms with Gasteiger partial charge in [-0.1, -0.05) is 206 Å². The van der Waals surface area contributed by atoms with E-state index >= 15 is 0 Å². The van der Waals surface area contributed by atoms with Crippen LogP contribution in [-0.4, -0.2) is 98.7 Å². The molecule has 0 spiro atoms. The van der Waals surface area contributed by atoms with Crippen molar-refractivity contribution in [1.29, 1.82) is 0 Å². The highest BCUT2D eigenvalue weighted by atomic mass is 16.7. The first-order valence-electron chi connectivity index (χ1n) is 23.9. The normalized spacial score (nSPS) is 22.2. The number of hydrogen-bond donors (Lipinski definition) is 7. The maximum Gasteiger partial charge on any atom is 0.249 e. The zero-order valence-electron chi connectivity index (χ0n) is 36.9. The Hall–Kier alpha value is -1.11. The smallest absolute Gasteiger partial charge is 0.249 e. The fourth-order valence-electron chi connectivity index (χ4n) is 7.67. The standard InChI is InChI=1S/C47H91NO9/c1-4-6-7-8-9-10-11-12-13-14-15-16-17-18-19-20-21-26-29-32-35-41(51)46(55)48-39(37-56-47-45(54)44(53)43(52)42(36-49)57-47)40(50)34-31-28-25-23-22-24-27-30-33-38(3)5-2/h31,34,38-45,47,49-54H,4-30,32-33,35-37H2,1-3H3,(H,48,55)/b34-31+/t38-,39+,40-,41-,42-,43-,44+,45-,47-/m1/s1. The number of rotatable bonds is 39. The molecule has 10 heteroatoms. The fraction of sp³-hybridized carbons (Fsp3) is 0.936. The number of hydrogen-bond acceptors (Lipinski definition) is 9. The summed E-state index contributed by atoms with van der Waals surface area (Å²) in [5.74, 6) is 0.185. The maximum absolute atomic E-state index is 13.0. The Kier molecular flexibility index (Phi) is 34.7. The Morgan fingerprint density at radius 2 is 1.11 bits per heavy atom. The lowest BCUT2D eigenvalue weighted by atomic mass is 9.99. The average molecular weight is 814 g/mol. The Balaban J connectivity index is 2.35. The molecule has 0 bridgehead atoms. The van der Waals surface area contributed by atoms with E-state index < -0.39 is 61.5 Å². The summed E-state index contributed by atoms with van der Waals surface area (Å²) in [6, 6.07) is -0.976. The summed E-state index contributed by atoms with van der Waals surface area (Å²) in [7, 11) is 0. The van der Waals surface area contributed by atoms with Crippen molar-refractivity contribution in [1.82, 2.24) is 5.32 Å². The number of amides is 1. The topological polar surface area (TPSA) is 169 Å². The van der Waals surface area contributed by atoms with Crippen molar-refractivity contribution in [2.45, 2.75) is 262 Å². The minimum Gasteiger partial charge on any atom is -0.394 e. The molecular formula is C47H91NO9. The van der Waals surface area contributed by atoms with Crippen LogP contribution in [0, 0.1) is 5.92 Å². The van der Waals surface area contributed by atoms with Crippen LogP contribution in [0.2, 0.25) is 0 Å². The molecule has 1 saturated heterocycles. The minimum atomic E-state index is -1.61. The van der Waals surface area contributed by atoms with Crippen LogP contribution in [0.1, 0.15) is 213 Å². The zero-order valence-corrected chi connectivity index (χ0v) is 36.9. The van der Waals surface area contributed by atoms with Gasteiger partial charge in [-0.2, -0.15) is 0 Å². The van der Waals surface area contributed by atoms with Crippen molar-refractivity contribution >= 4 is 5.91 Å². The molecule has 1 aliphatic heterocycles. The van der Waals surface area contributed by atoms with Gasteiger partial charge in [0.05, 0.1) is 25.4 Å². The van der Waals surface area contributed by atoms with Gasteiger partial charge in [0.2, 0.25) is 5.91 Å². The van der Waals surface area contributed by atoms with Gasteiger partial charge in [-0.15, -0.1) is 0 Å². The number of carbonyl (C=O) groups is 1. The summed E-state index contributed by atoms with van der Waals surface area (Å²) in [6.45, 7) is 5.93. The molecule has 1 rings (SSSR count). The number of aliphatic hydroxyl groups excluding tert-OH is 6. The Bertz CT molecular complexity index is 937. The molecule has 0 aromatic heterocycles. The zero-order chi connectivity index (χ0) is 41.9. The van der Waals surface area contributed by atoms with Crippen LogP contribution in [0.25, 0.3) is 0 Å². The van der Waals surface area contributed by atoms with Crippen molar-refractivity contribution in [3.63, 3.8) is 0 Å². The van der Waals surface area contributed by atoms with E-state index in [1.54, 1.807) is 6.08 Å². The van der Waals surface area contributed by atoms with Crippen LogP contribution in [0.4, 0.5) is 0 Å². The van der Waals surface area contributed by atoms with Crippen molar-refractivity contribution < 1.29 is 44.9 Å². The summed E-state index contributed by atoms with van der Waals surface area (Å²) in [6.07, 6.45) is 30.2. The highest BCUT2D eigenvalue weighted by molar-refractivity contribution is 5.80. The van der Waals surface area contributed by atoms with Gasteiger partial charge in [0.15, 0.2) is 6.29 Å². The van der Waals surface area contributed by atoms with Crippen LogP contribution in [0.5, 0.6) is 0 Å². The van der Waals surface area contributed by atoms with Crippen molar-refractivity contribution in [3.05, 3.63) is 12.2 Å². The third-order valence-corrected chi connectivity index (χ3v) is 12.0. The Morgan fingerprint density at radius 1 is 0.649 bits per heavy atom. The van der Waals surface area contributed by atoms with Crippen molar-refractivity contribution in [2.75, 3.05) is 13.2 Å². The van der Waals surface area contributed by atoms with Crippen LogP contribution in [0.15, 0.2) is 12.2 Å². The fourth-order valence-corrected chi connectivity index (χ4v) is 7.67. The van der Waals surface area contributed by atoms with Crippen LogP contribution < -0.4 is 5.32 Å². The number of carbonyl (C=O) groups excluding carboxylic acids is 1. The summed E-state index contributed by atoms with van der Waals surface area (Å²) in [4.78, 5) is 13.0. The average Bonchev–Trinajstić information content (AvgIpc) is 3.21. The predicted molar refractivity (Wildman–Crippen MR) is 232 cm³/mol. The van der Waals surface area contributed by atoms with Crippen molar-refractivity contribution in [3.8, 4) is 0 Å². The lowest BCUT2D eigenvalue weighted by Crippen LogP contribution is -2.60. The first-order chi connectivity index (χ1) is 27.7. The second kappa shape index (κ2) is 36.7. The van der Waals surface area contributed by atoms with Crippen LogP contribution in [0.3, 0.4) is 0 Å². The number of aliphatic hydroxyl groups is 6. The SMILES string of the molecule is CCCCCCCCCCCCCCCCCCCCCC[C@@H](O)C(=O)N[C@@H](CO[C@@H]1O[C@H](CO)[C@@H](O)[C@H](O)[C@H]1O)[C@H](O)/C=C/CCCCCCCC[C@H](C)CC. The third kappa shape index (κ3) is 27.4. The second-order valence-corrected chi connectivity index (χ2v) is 17.3. The van der Waals surface area contributed by atoms with E-state index in [9.17, 15) is 35.4 Å². The molecule has 0 aromatic rings. The highest BCUT2D eigenvalue weighted by Gasteiger charge is 2.44.